The zero-order chi connectivity index (χ0) is 18.9. The highest BCUT2D eigenvalue weighted by atomic mass is 32.2. The Bertz CT molecular complexity index is 761. The average Bonchev–Trinajstić information content (AvgIpc) is 2.42. The molecule has 2 N–H and O–H groups in total. The standard InChI is InChI=1S/C12H13F3N2O6S/c1-6(2)10(11(18)19)16-24(22,23)9-4-3-7(17(20)21)5-8(9)12(13,14)15/h3-6,10,16H,1-2H3,(H,18,19). The first-order chi connectivity index (χ1) is 10.8. The van der Waals surface area contributed by atoms with Crippen molar-refractivity contribution in [1.29, 1.82) is 0 Å². The van der Waals surface area contributed by atoms with E-state index >= 15 is 0 Å². The van der Waals surface area contributed by atoms with E-state index in [-0.39, 0.29) is 6.07 Å². The summed E-state index contributed by atoms with van der Waals surface area (Å²) in [6, 6.07) is -0.566. The second-order valence-corrected chi connectivity index (χ2v) is 6.80. The largest absolute Gasteiger partial charge is 0.480 e. The maximum absolute atomic E-state index is 13.0. The van der Waals surface area contributed by atoms with Crippen LogP contribution in [0.15, 0.2) is 23.1 Å². The maximum atomic E-state index is 13.0. The van der Waals surface area contributed by atoms with Gasteiger partial charge in [0.1, 0.15) is 6.04 Å². The van der Waals surface area contributed by atoms with Crippen LogP contribution < -0.4 is 4.72 Å². The molecule has 0 aliphatic rings. The van der Waals surface area contributed by atoms with E-state index in [9.17, 15) is 36.5 Å². The molecule has 0 radical (unpaired) electrons. The van der Waals surface area contributed by atoms with Gasteiger partial charge in [-0.15, -0.1) is 0 Å². The number of hydrogen-bond acceptors (Lipinski definition) is 5. The molecule has 0 saturated heterocycles. The lowest BCUT2D eigenvalue weighted by Crippen LogP contribution is -2.44. The van der Waals surface area contributed by atoms with E-state index < -0.39 is 55.2 Å². The summed E-state index contributed by atoms with van der Waals surface area (Å²) in [6.45, 7) is 2.73. The van der Waals surface area contributed by atoms with Gasteiger partial charge in [-0.2, -0.15) is 17.9 Å². The highest BCUT2D eigenvalue weighted by Gasteiger charge is 2.40. The Morgan fingerprint density at radius 2 is 1.88 bits per heavy atom. The number of aliphatic carboxylic acids is 1. The van der Waals surface area contributed by atoms with E-state index in [0.717, 1.165) is 0 Å². The third kappa shape index (κ3) is 4.41. The summed E-state index contributed by atoms with van der Waals surface area (Å²) in [7, 11) is -4.88. The Hall–Kier alpha value is -2.21. The lowest BCUT2D eigenvalue weighted by Gasteiger charge is -2.19. The molecule has 0 saturated carbocycles. The van der Waals surface area contributed by atoms with Gasteiger partial charge in [0.05, 0.1) is 15.4 Å². The minimum Gasteiger partial charge on any atom is -0.480 e. The molecule has 1 aromatic rings. The summed E-state index contributed by atoms with van der Waals surface area (Å²) in [6.07, 6.45) is -5.19. The van der Waals surface area contributed by atoms with Crippen LogP contribution >= 0.6 is 0 Å². The van der Waals surface area contributed by atoms with Gasteiger partial charge in [0.2, 0.25) is 10.0 Å². The van der Waals surface area contributed by atoms with E-state index in [1.165, 1.54) is 13.8 Å². The zero-order valence-electron chi connectivity index (χ0n) is 12.4. The lowest BCUT2D eigenvalue weighted by molar-refractivity contribution is -0.385. The van der Waals surface area contributed by atoms with Gasteiger partial charge < -0.3 is 5.11 Å². The summed E-state index contributed by atoms with van der Waals surface area (Å²) >= 11 is 0. The van der Waals surface area contributed by atoms with Crippen molar-refractivity contribution in [3.05, 3.63) is 33.9 Å². The summed E-state index contributed by atoms with van der Waals surface area (Å²) in [5.41, 5.74) is -2.70. The number of benzene rings is 1. The zero-order valence-corrected chi connectivity index (χ0v) is 13.2. The van der Waals surface area contributed by atoms with E-state index in [0.29, 0.717) is 12.1 Å². The van der Waals surface area contributed by atoms with Crippen LogP contribution in [0.2, 0.25) is 0 Å². The van der Waals surface area contributed by atoms with E-state index in [1.54, 1.807) is 4.72 Å². The fourth-order valence-corrected chi connectivity index (χ4v) is 3.34. The molecule has 0 heterocycles. The molecule has 0 bridgehead atoms. The Morgan fingerprint density at radius 1 is 1.33 bits per heavy atom. The van der Waals surface area contributed by atoms with E-state index in [1.807, 2.05) is 0 Å². The van der Waals surface area contributed by atoms with Crippen molar-refractivity contribution in [3.8, 4) is 0 Å². The normalized spacial score (nSPS) is 13.8. The molecule has 12 heteroatoms. The van der Waals surface area contributed by atoms with Gasteiger partial charge in [-0.25, -0.2) is 8.42 Å². The Balaban J connectivity index is 3.48. The molecule has 1 aromatic carbocycles. The second-order valence-electron chi connectivity index (χ2n) is 5.12. The van der Waals surface area contributed by atoms with Crippen LogP contribution in [-0.2, 0) is 21.0 Å². The fraction of sp³-hybridized carbons (Fsp3) is 0.417. The van der Waals surface area contributed by atoms with E-state index in [2.05, 4.69) is 0 Å². The van der Waals surface area contributed by atoms with Gasteiger partial charge in [0.15, 0.2) is 0 Å². The van der Waals surface area contributed by atoms with Gasteiger partial charge in [0.25, 0.3) is 5.69 Å². The summed E-state index contributed by atoms with van der Waals surface area (Å²) in [4.78, 5) is 19.2. The number of sulfonamides is 1. The molecule has 0 aliphatic heterocycles. The number of nitrogens with one attached hydrogen (secondary N) is 1. The third-order valence-electron chi connectivity index (χ3n) is 2.98. The smallest absolute Gasteiger partial charge is 0.417 e. The topological polar surface area (TPSA) is 127 Å². The van der Waals surface area contributed by atoms with Crippen LogP contribution in [-0.4, -0.2) is 30.5 Å². The summed E-state index contributed by atoms with van der Waals surface area (Å²) in [5, 5.41) is 19.6. The predicted octanol–water partition coefficient (Wildman–Crippen LogP) is 2.00. The molecular formula is C12H13F3N2O6S. The van der Waals surface area contributed by atoms with Crippen molar-refractivity contribution >= 4 is 21.7 Å². The van der Waals surface area contributed by atoms with Crippen molar-refractivity contribution in [3.63, 3.8) is 0 Å². The number of nitro benzene ring substituents is 1. The molecular weight excluding hydrogens is 357 g/mol. The molecule has 24 heavy (non-hydrogen) atoms. The van der Waals surface area contributed by atoms with Gasteiger partial charge in [-0.05, 0) is 12.0 Å². The number of carboxylic acids is 1. The number of rotatable bonds is 6. The first-order valence-corrected chi connectivity index (χ1v) is 7.86. The predicted molar refractivity (Wildman–Crippen MR) is 74.7 cm³/mol. The molecule has 8 nitrogen and oxygen atoms in total. The van der Waals surface area contributed by atoms with Crippen molar-refractivity contribution in [1.82, 2.24) is 4.72 Å². The molecule has 1 atom stereocenters. The van der Waals surface area contributed by atoms with Crippen molar-refractivity contribution < 1.29 is 36.4 Å². The van der Waals surface area contributed by atoms with Gasteiger partial charge in [-0.1, -0.05) is 13.8 Å². The number of non-ortho nitro benzene ring substituents is 1. The maximum Gasteiger partial charge on any atom is 0.417 e. The fourth-order valence-electron chi connectivity index (χ4n) is 1.79. The molecule has 1 rings (SSSR count). The lowest BCUT2D eigenvalue weighted by atomic mass is 10.1. The molecule has 0 fully saturated rings. The van der Waals surface area contributed by atoms with Crippen molar-refractivity contribution in [2.24, 2.45) is 5.92 Å². The second kappa shape index (κ2) is 6.73. The number of alkyl halides is 3. The Labute approximate surface area is 134 Å². The van der Waals surface area contributed by atoms with Crippen molar-refractivity contribution in [2.45, 2.75) is 31.0 Å². The first-order valence-electron chi connectivity index (χ1n) is 6.38. The first kappa shape index (κ1) is 19.8. The SMILES string of the molecule is CC(C)C(NS(=O)(=O)c1ccc([N+](=O)[O-])cc1C(F)(F)F)C(=O)O. The van der Waals surface area contributed by atoms with Crippen LogP contribution in [0.4, 0.5) is 18.9 Å². The third-order valence-corrected chi connectivity index (χ3v) is 4.48. The van der Waals surface area contributed by atoms with Gasteiger partial charge >= 0.3 is 12.1 Å². The van der Waals surface area contributed by atoms with Crippen LogP contribution in [0.25, 0.3) is 0 Å². The van der Waals surface area contributed by atoms with Crippen LogP contribution in [0.1, 0.15) is 19.4 Å². The summed E-state index contributed by atoms with van der Waals surface area (Å²) < 4.78 is 65.1. The minimum atomic E-state index is -5.19. The average molecular weight is 370 g/mol. The van der Waals surface area contributed by atoms with Gasteiger partial charge in [0, 0.05) is 12.1 Å². The van der Waals surface area contributed by atoms with Crippen LogP contribution in [0, 0.1) is 16.0 Å². The number of nitro groups is 1. The van der Waals surface area contributed by atoms with Crippen molar-refractivity contribution in [2.75, 3.05) is 0 Å². The summed E-state index contributed by atoms with van der Waals surface area (Å²) in [5.74, 6) is -2.31. The van der Waals surface area contributed by atoms with Crippen LogP contribution in [0.5, 0.6) is 0 Å². The number of carboxylic acid groups (broad SMARTS) is 1. The van der Waals surface area contributed by atoms with Gasteiger partial charge in [-0.3, -0.25) is 14.9 Å². The highest BCUT2D eigenvalue weighted by molar-refractivity contribution is 7.89. The molecule has 0 aliphatic carbocycles. The number of nitrogens with zero attached hydrogens (tertiary/aromatic N) is 1. The number of hydrogen-bond donors (Lipinski definition) is 2. The Morgan fingerprint density at radius 3 is 2.25 bits per heavy atom. The Kier molecular flexibility index (Phi) is 5.56. The molecule has 0 aromatic heterocycles. The number of halogens is 3. The quantitative estimate of drug-likeness (QED) is 0.582. The van der Waals surface area contributed by atoms with E-state index in [4.69, 9.17) is 5.11 Å². The highest BCUT2D eigenvalue weighted by Crippen LogP contribution is 2.36. The molecule has 0 spiro atoms. The monoisotopic (exact) mass is 370 g/mol. The molecule has 1 unspecified atom stereocenters. The minimum absolute atomic E-state index is 0.0830. The molecule has 134 valence electrons. The molecule has 0 amide bonds. The van der Waals surface area contributed by atoms with Crippen LogP contribution in [0.3, 0.4) is 0 Å². The number of carbonyl (C=O) groups is 1.